The topological polar surface area (TPSA) is 54.3 Å². The van der Waals surface area contributed by atoms with E-state index in [2.05, 4.69) is 24.5 Å². The van der Waals surface area contributed by atoms with Gasteiger partial charge in [0, 0.05) is 0 Å². The van der Waals surface area contributed by atoms with Crippen molar-refractivity contribution in [3.05, 3.63) is 24.2 Å². The molecule has 0 bridgehead atoms. The van der Waals surface area contributed by atoms with Crippen molar-refractivity contribution in [2.75, 3.05) is 6.54 Å². The Morgan fingerprint density at radius 3 is 3.00 bits per heavy atom. The molecule has 1 aliphatic rings. The molecule has 1 unspecified atom stereocenters. The van der Waals surface area contributed by atoms with E-state index in [0.29, 0.717) is 0 Å². The van der Waals surface area contributed by atoms with Gasteiger partial charge in [-0.2, -0.15) is 0 Å². The zero-order chi connectivity index (χ0) is 13.2. The molecule has 0 aliphatic carbocycles. The van der Waals surface area contributed by atoms with E-state index in [1.807, 2.05) is 19.1 Å². The molecule has 4 nitrogen and oxygen atoms in total. The summed E-state index contributed by atoms with van der Waals surface area (Å²) in [5.74, 6) is 0.848. The van der Waals surface area contributed by atoms with Crippen LogP contribution >= 0.6 is 0 Å². The van der Waals surface area contributed by atoms with Gasteiger partial charge in [0.15, 0.2) is 0 Å². The summed E-state index contributed by atoms with van der Waals surface area (Å²) < 4.78 is 5.30. The first kappa shape index (κ1) is 13.1. The van der Waals surface area contributed by atoms with Gasteiger partial charge in [0.05, 0.1) is 18.3 Å². The average Bonchev–Trinajstić information content (AvgIpc) is 2.81. The Hall–Kier alpha value is -1.29. The highest BCUT2D eigenvalue weighted by Crippen LogP contribution is 2.30. The minimum atomic E-state index is -0.122. The monoisotopic (exact) mass is 250 g/mol. The molecule has 1 saturated heterocycles. The van der Waals surface area contributed by atoms with E-state index in [0.717, 1.165) is 25.1 Å². The third-order valence-electron chi connectivity index (χ3n) is 3.72. The molecule has 0 radical (unpaired) electrons. The molecule has 100 valence electrons. The third kappa shape index (κ3) is 2.75. The summed E-state index contributed by atoms with van der Waals surface area (Å²) in [6.07, 6.45) is 3.83. The molecular weight excluding hydrogens is 228 g/mol. The second kappa shape index (κ2) is 5.14. The standard InChI is InChI=1S/C14H22N2O2/c1-10(11-6-4-9-18-11)16-13(17)12-14(2,3)7-5-8-15-12/h4,6,9-10,12,15H,5,7-8H2,1-3H3,(H,16,17)/t10-,12?/m0/s1. The SMILES string of the molecule is C[C@H](NC(=O)C1NCCCC1(C)C)c1ccco1. The highest BCUT2D eigenvalue weighted by molar-refractivity contribution is 5.83. The van der Waals surface area contributed by atoms with Crippen LogP contribution in [0, 0.1) is 5.41 Å². The fraction of sp³-hybridized carbons (Fsp3) is 0.643. The summed E-state index contributed by atoms with van der Waals surface area (Å²) in [6.45, 7) is 7.13. The Labute approximate surface area is 108 Å². The quantitative estimate of drug-likeness (QED) is 0.865. The lowest BCUT2D eigenvalue weighted by Crippen LogP contribution is -2.55. The van der Waals surface area contributed by atoms with Crippen LogP contribution in [0.4, 0.5) is 0 Å². The van der Waals surface area contributed by atoms with Gasteiger partial charge in [-0.15, -0.1) is 0 Å². The molecule has 2 N–H and O–H groups in total. The fourth-order valence-corrected chi connectivity index (χ4v) is 2.56. The van der Waals surface area contributed by atoms with E-state index in [1.165, 1.54) is 0 Å². The first-order valence-corrected chi connectivity index (χ1v) is 6.58. The van der Waals surface area contributed by atoms with E-state index in [1.54, 1.807) is 6.26 Å². The molecular formula is C14H22N2O2. The van der Waals surface area contributed by atoms with Crippen molar-refractivity contribution in [3.8, 4) is 0 Å². The zero-order valence-electron chi connectivity index (χ0n) is 11.3. The number of hydrogen-bond donors (Lipinski definition) is 2. The Balaban J connectivity index is 1.99. The Bertz CT molecular complexity index is 398. The van der Waals surface area contributed by atoms with Crippen LogP contribution in [0.2, 0.25) is 0 Å². The molecule has 0 spiro atoms. The molecule has 0 saturated carbocycles. The molecule has 2 atom stereocenters. The van der Waals surface area contributed by atoms with Crippen LogP contribution in [0.1, 0.15) is 45.4 Å². The summed E-state index contributed by atoms with van der Waals surface area (Å²) >= 11 is 0. The summed E-state index contributed by atoms with van der Waals surface area (Å²) in [5, 5.41) is 6.33. The molecule has 1 aromatic rings. The molecule has 1 aromatic heterocycles. The number of nitrogens with one attached hydrogen (secondary N) is 2. The van der Waals surface area contributed by atoms with Gasteiger partial charge in [-0.1, -0.05) is 13.8 Å². The average molecular weight is 250 g/mol. The Morgan fingerprint density at radius 1 is 1.61 bits per heavy atom. The van der Waals surface area contributed by atoms with E-state index in [4.69, 9.17) is 4.42 Å². The molecule has 18 heavy (non-hydrogen) atoms. The second-order valence-corrected chi connectivity index (χ2v) is 5.72. The van der Waals surface area contributed by atoms with Crippen molar-refractivity contribution < 1.29 is 9.21 Å². The van der Waals surface area contributed by atoms with Gasteiger partial charge in [0.2, 0.25) is 5.91 Å². The number of carbonyl (C=O) groups excluding carboxylic acids is 1. The largest absolute Gasteiger partial charge is 0.467 e. The lowest BCUT2D eigenvalue weighted by molar-refractivity contribution is -0.127. The van der Waals surface area contributed by atoms with E-state index >= 15 is 0 Å². The number of hydrogen-bond acceptors (Lipinski definition) is 3. The maximum atomic E-state index is 12.3. The van der Waals surface area contributed by atoms with Crippen LogP contribution < -0.4 is 10.6 Å². The highest BCUT2D eigenvalue weighted by atomic mass is 16.3. The maximum Gasteiger partial charge on any atom is 0.238 e. The van der Waals surface area contributed by atoms with Crippen LogP contribution in [0.5, 0.6) is 0 Å². The zero-order valence-corrected chi connectivity index (χ0v) is 11.3. The number of amides is 1. The fourth-order valence-electron chi connectivity index (χ4n) is 2.56. The van der Waals surface area contributed by atoms with Crippen molar-refractivity contribution in [1.29, 1.82) is 0 Å². The number of piperidine rings is 1. The minimum absolute atomic E-state index is 0.00518. The van der Waals surface area contributed by atoms with Crippen LogP contribution in [-0.2, 0) is 4.79 Å². The summed E-state index contributed by atoms with van der Waals surface area (Å²) in [7, 11) is 0. The van der Waals surface area contributed by atoms with Crippen LogP contribution in [0.15, 0.2) is 22.8 Å². The molecule has 1 amide bonds. The number of carbonyl (C=O) groups is 1. The molecule has 1 fully saturated rings. The van der Waals surface area contributed by atoms with Crippen LogP contribution in [0.3, 0.4) is 0 Å². The van der Waals surface area contributed by atoms with Crippen LogP contribution in [0.25, 0.3) is 0 Å². The van der Waals surface area contributed by atoms with E-state index < -0.39 is 0 Å². The van der Waals surface area contributed by atoms with Gasteiger partial charge in [0.25, 0.3) is 0 Å². The van der Waals surface area contributed by atoms with E-state index in [9.17, 15) is 4.79 Å². The molecule has 4 heteroatoms. The molecule has 2 rings (SSSR count). The lowest BCUT2D eigenvalue weighted by atomic mass is 9.77. The first-order chi connectivity index (χ1) is 8.50. The number of rotatable bonds is 3. The first-order valence-electron chi connectivity index (χ1n) is 6.58. The summed E-state index contributed by atoms with van der Waals surface area (Å²) in [6, 6.07) is 3.50. The second-order valence-electron chi connectivity index (χ2n) is 5.72. The minimum Gasteiger partial charge on any atom is -0.467 e. The Morgan fingerprint density at radius 2 is 2.39 bits per heavy atom. The van der Waals surface area contributed by atoms with Gasteiger partial charge in [0.1, 0.15) is 5.76 Å². The van der Waals surface area contributed by atoms with Crippen LogP contribution in [-0.4, -0.2) is 18.5 Å². The highest BCUT2D eigenvalue weighted by Gasteiger charge is 2.37. The smallest absolute Gasteiger partial charge is 0.238 e. The third-order valence-corrected chi connectivity index (χ3v) is 3.72. The van der Waals surface area contributed by atoms with Crippen molar-refractivity contribution in [2.24, 2.45) is 5.41 Å². The van der Waals surface area contributed by atoms with Crippen molar-refractivity contribution in [2.45, 2.75) is 45.7 Å². The normalized spacial score (nSPS) is 24.5. The predicted octanol–water partition coefficient (Wildman–Crippen LogP) is 2.24. The number of furan rings is 1. The molecule has 2 heterocycles. The van der Waals surface area contributed by atoms with Crippen molar-refractivity contribution in [1.82, 2.24) is 10.6 Å². The van der Waals surface area contributed by atoms with Gasteiger partial charge in [-0.05, 0) is 43.9 Å². The van der Waals surface area contributed by atoms with Gasteiger partial charge in [-0.25, -0.2) is 0 Å². The van der Waals surface area contributed by atoms with Crippen molar-refractivity contribution in [3.63, 3.8) is 0 Å². The summed E-state index contributed by atoms with van der Waals surface area (Å²) in [5.41, 5.74) is 0.00518. The lowest BCUT2D eigenvalue weighted by Gasteiger charge is -2.38. The Kier molecular flexibility index (Phi) is 3.76. The predicted molar refractivity (Wildman–Crippen MR) is 70.1 cm³/mol. The molecule has 0 aromatic carbocycles. The van der Waals surface area contributed by atoms with Gasteiger partial charge < -0.3 is 15.1 Å². The van der Waals surface area contributed by atoms with Crippen molar-refractivity contribution >= 4 is 5.91 Å². The summed E-state index contributed by atoms with van der Waals surface area (Å²) in [4.78, 5) is 12.3. The van der Waals surface area contributed by atoms with Gasteiger partial charge >= 0.3 is 0 Å². The van der Waals surface area contributed by atoms with E-state index in [-0.39, 0.29) is 23.4 Å². The maximum absolute atomic E-state index is 12.3. The molecule has 1 aliphatic heterocycles. The van der Waals surface area contributed by atoms with Gasteiger partial charge in [-0.3, -0.25) is 4.79 Å².